The fourth-order valence-electron chi connectivity index (χ4n) is 3.61. The molecule has 31 heavy (non-hydrogen) atoms. The summed E-state index contributed by atoms with van der Waals surface area (Å²) in [5.41, 5.74) is 5.79. The molecule has 5 nitrogen and oxygen atoms in total. The standard InChI is InChI=1S/C25H21ClN2O3/c1-15(11-23(29)28-19-5-4-10-27-13-19)20-12-21-22(17-6-8-18(26)9-7-17)14-31-25(21)16(2)24(20)30-3/h4-14H,1-3H3,(H,28,29)/b15-11+. The number of pyridine rings is 1. The number of ether oxygens (including phenoxy) is 1. The topological polar surface area (TPSA) is 64.4 Å². The van der Waals surface area contributed by atoms with E-state index in [-0.39, 0.29) is 5.91 Å². The Morgan fingerprint density at radius 2 is 2.00 bits per heavy atom. The Morgan fingerprint density at radius 1 is 1.23 bits per heavy atom. The quantitative estimate of drug-likeness (QED) is 0.365. The van der Waals surface area contributed by atoms with Crippen LogP contribution < -0.4 is 10.1 Å². The lowest BCUT2D eigenvalue weighted by Gasteiger charge is -2.13. The van der Waals surface area contributed by atoms with E-state index in [2.05, 4.69) is 10.3 Å². The van der Waals surface area contributed by atoms with Gasteiger partial charge < -0.3 is 14.5 Å². The predicted octanol–water partition coefficient (Wildman–Crippen LogP) is 6.51. The molecule has 2 aromatic carbocycles. The summed E-state index contributed by atoms with van der Waals surface area (Å²) < 4.78 is 11.6. The van der Waals surface area contributed by atoms with Crippen LogP contribution in [-0.4, -0.2) is 18.0 Å². The number of carbonyl (C=O) groups is 1. The molecule has 2 heterocycles. The van der Waals surface area contributed by atoms with Crippen LogP contribution in [0.15, 0.2) is 71.6 Å². The van der Waals surface area contributed by atoms with Crippen molar-refractivity contribution in [1.29, 1.82) is 0 Å². The second kappa shape index (κ2) is 8.66. The maximum Gasteiger partial charge on any atom is 0.248 e. The first-order valence-corrected chi connectivity index (χ1v) is 10.1. The van der Waals surface area contributed by atoms with E-state index in [1.165, 1.54) is 0 Å². The summed E-state index contributed by atoms with van der Waals surface area (Å²) in [5.74, 6) is 0.433. The first kappa shape index (κ1) is 20.7. The van der Waals surface area contributed by atoms with Crippen LogP contribution in [0.5, 0.6) is 5.75 Å². The van der Waals surface area contributed by atoms with Gasteiger partial charge in [0.25, 0.3) is 0 Å². The van der Waals surface area contributed by atoms with Gasteiger partial charge in [0.05, 0.1) is 25.3 Å². The van der Waals surface area contributed by atoms with Gasteiger partial charge in [-0.2, -0.15) is 0 Å². The molecule has 0 bridgehead atoms. The van der Waals surface area contributed by atoms with Gasteiger partial charge in [-0.3, -0.25) is 9.78 Å². The van der Waals surface area contributed by atoms with E-state index in [9.17, 15) is 4.79 Å². The van der Waals surface area contributed by atoms with Crippen LogP contribution in [0.2, 0.25) is 5.02 Å². The highest BCUT2D eigenvalue weighted by Gasteiger charge is 2.18. The summed E-state index contributed by atoms with van der Waals surface area (Å²) in [7, 11) is 1.61. The van der Waals surface area contributed by atoms with Gasteiger partial charge in [-0.25, -0.2) is 0 Å². The molecule has 2 aromatic heterocycles. The van der Waals surface area contributed by atoms with Gasteiger partial charge in [0.2, 0.25) is 5.91 Å². The molecule has 0 aliphatic carbocycles. The van der Waals surface area contributed by atoms with Gasteiger partial charge >= 0.3 is 0 Å². The summed E-state index contributed by atoms with van der Waals surface area (Å²) in [6, 6.07) is 13.2. The van der Waals surface area contributed by atoms with Crippen molar-refractivity contribution in [2.24, 2.45) is 0 Å². The molecule has 0 aliphatic rings. The number of methoxy groups -OCH3 is 1. The number of amides is 1. The minimum atomic E-state index is -0.240. The Balaban J connectivity index is 1.78. The molecule has 6 heteroatoms. The summed E-state index contributed by atoms with van der Waals surface area (Å²) >= 11 is 6.04. The number of aryl methyl sites for hydroxylation is 1. The van der Waals surface area contributed by atoms with Crippen molar-refractivity contribution in [1.82, 2.24) is 4.98 Å². The van der Waals surface area contributed by atoms with Crippen molar-refractivity contribution in [2.45, 2.75) is 13.8 Å². The molecular formula is C25H21ClN2O3. The average Bonchev–Trinajstić information content (AvgIpc) is 3.19. The third-order valence-electron chi connectivity index (χ3n) is 5.10. The Kier molecular flexibility index (Phi) is 5.78. The highest BCUT2D eigenvalue weighted by molar-refractivity contribution is 6.30. The number of fused-ring (bicyclic) bond motifs is 1. The molecular weight excluding hydrogens is 412 g/mol. The zero-order valence-electron chi connectivity index (χ0n) is 17.4. The van der Waals surface area contributed by atoms with Gasteiger partial charge in [-0.05, 0) is 55.3 Å². The number of hydrogen-bond donors (Lipinski definition) is 1. The molecule has 0 spiro atoms. The summed E-state index contributed by atoms with van der Waals surface area (Å²) in [4.78, 5) is 16.5. The van der Waals surface area contributed by atoms with E-state index >= 15 is 0 Å². The van der Waals surface area contributed by atoms with Crippen molar-refractivity contribution in [3.05, 3.63) is 83.3 Å². The Bertz CT molecular complexity index is 1280. The number of halogens is 1. The van der Waals surface area contributed by atoms with Crippen molar-refractivity contribution in [3.8, 4) is 16.9 Å². The van der Waals surface area contributed by atoms with Gasteiger partial charge in [0, 0.05) is 39.4 Å². The van der Waals surface area contributed by atoms with Crippen LogP contribution in [-0.2, 0) is 4.79 Å². The number of aromatic nitrogens is 1. The van der Waals surface area contributed by atoms with Crippen LogP contribution in [0.25, 0.3) is 27.7 Å². The Labute approximate surface area is 185 Å². The van der Waals surface area contributed by atoms with E-state index in [0.29, 0.717) is 16.5 Å². The minimum Gasteiger partial charge on any atom is -0.496 e. The fourth-order valence-corrected chi connectivity index (χ4v) is 3.74. The first-order valence-electron chi connectivity index (χ1n) is 9.72. The molecule has 0 saturated carbocycles. The minimum absolute atomic E-state index is 0.240. The number of nitrogens with one attached hydrogen (secondary N) is 1. The highest BCUT2D eigenvalue weighted by Crippen LogP contribution is 2.40. The summed E-state index contributed by atoms with van der Waals surface area (Å²) in [5, 5.41) is 4.44. The third kappa shape index (κ3) is 4.18. The van der Waals surface area contributed by atoms with Crippen LogP contribution in [0, 0.1) is 6.92 Å². The van der Waals surface area contributed by atoms with Gasteiger partial charge in [-0.1, -0.05) is 23.7 Å². The number of nitrogens with zero attached hydrogens (tertiary/aromatic N) is 1. The molecule has 1 N–H and O–H groups in total. The predicted molar refractivity (Wildman–Crippen MR) is 124 cm³/mol. The van der Waals surface area contributed by atoms with Gasteiger partial charge in [-0.15, -0.1) is 0 Å². The van der Waals surface area contributed by atoms with E-state index < -0.39 is 0 Å². The maximum absolute atomic E-state index is 12.5. The Hall–Kier alpha value is -3.57. The van der Waals surface area contributed by atoms with E-state index in [4.69, 9.17) is 20.8 Å². The van der Waals surface area contributed by atoms with Crippen LogP contribution in [0.3, 0.4) is 0 Å². The van der Waals surface area contributed by atoms with E-state index in [1.54, 1.807) is 44.0 Å². The van der Waals surface area contributed by atoms with Gasteiger partial charge in [0.15, 0.2) is 0 Å². The first-order chi connectivity index (χ1) is 15.0. The molecule has 4 aromatic rings. The van der Waals surface area contributed by atoms with E-state index in [1.807, 2.05) is 44.2 Å². The second-order valence-electron chi connectivity index (χ2n) is 7.17. The number of rotatable bonds is 5. The molecule has 4 rings (SSSR count). The summed E-state index contributed by atoms with van der Waals surface area (Å²) in [6.07, 6.45) is 6.54. The van der Waals surface area contributed by atoms with Crippen molar-refractivity contribution in [2.75, 3.05) is 12.4 Å². The lowest BCUT2D eigenvalue weighted by Crippen LogP contribution is -2.08. The molecule has 0 saturated heterocycles. The molecule has 0 atom stereocenters. The van der Waals surface area contributed by atoms with Crippen molar-refractivity contribution < 1.29 is 13.9 Å². The zero-order valence-corrected chi connectivity index (χ0v) is 18.2. The molecule has 0 radical (unpaired) electrons. The highest BCUT2D eigenvalue weighted by atomic mass is 35.5. The van der Waals surface area contributed by atoms with Gasteiger partial charge in [0.1, 0.15) is 11.3 Å². The van der Waals surface area contributed by atoms with Crippen LogP contribution in [0.1, 0.15) is 18.1 Å². The van der Waals surface area contributed by atoms with Crippen molar-refractivity contribution in [3.63, 3.8) is 0 Å². The molecule has 0 unspecified atom stereocenters. The largest absolute Gasteiger partial charge is 0.496 e. The Morgan fingerprint density at radius 3 is 2.68 bits per heavy atom. The molecule has 0 fully saturated rings. The van der Waals surface area contributed by atoms with E-state index in [0.717, 1.165) is 38.8 Å². The lowest BCUT2D eigenvalue weighted by atomic mass is 9.96. The lowest BCUT2D eigenvalue weighted by molar-refractivity contribution is -0.111. The summed E-state index contributed by atoms with van der Waals surface area (Å²) in [6.45, 7) is 3.83. The molecule has 156 valence electrons. The SMILES string of the molecule is COc1c(/C(C)=C/C(=O)Nc2cccnc2)cc2c(-c3ccc(Cl)cc3)coc2c1C. The molecule has 0 aliphatic heterocycles. The van der Waals surface area contributed by atoms with Crippen LogP contribution >= 0.6 is 11.6 Å². The number of benzene rings is 2. The number of allylic oxidation sites excluding steroid dienone is 1. The normalized spacial score (nSPS) is 11.5. The zero-order chi connectivity index (χ0) is 22.0. The smallest absolute Gasteiger partial charge is 0.248 e. The monoisotopic (exact) mass is 432 g/mol. The van der Waals surface area contributed by atoms with Crippen LogP contribution in [0.4, 0.5) is 5.69 Å². The average molecular weight is 433 g/mol. The number of hydrogen-bond acceptors (Lipinski definition) is 4. The molecule has 1 amide bonds. The third-order valence-corrected chi connectivity index (χ3v) is 5.36. The number of anilines is 1. The fraction of sp³-hybridized carbons (Fsp3) is 0.120. The van der Waals surface area contributed by atoms with Crippen molar-refractivity contribution >= 4 is 39.7 Å². The number of carbonyl (C=O) groups excluding carboxylic acids is 1. The number of furan rings is 1. The maximum atomic E-state index is 12.5. The second-order valence-corrected chi connectivity index (χ2v) is 7.61.